The number of hydrogen-bond acceptors (Lipinski definition) is 7. The summed E-state index contributed by atoms with van der Waals surface area (Å²) in [6, 6.07) is 1.24. The van der Waals surface area contributed by atoms with E-state index in [0.717, 1.165) is 25.7 Å². The van der Waals surface area contributed by atoms with E-state index in [1.807, 2.05) is 0 Å². The lowest BCUT2D eigenvalue weighted by Gasteiger charge is -2.26. The maximum Gasteiger partial charge on any atom is 0.224 e. The zero-order valence-electron chi connectivity index (χ0n) is 17.2. The van der Waals surface area contributed by atoms with Crippen LogP contribution in [0.3, 0.4) is 0 Å². The number of rotatable bonds is 5. The number of benzene rings is 1. The lowest BCUT2D eigenvalue weighted by molar-refractivity contribution is 0.126. The van der Waals surface area contributed by atoms with Crippen molar-refractivity contribution >= 4 is 28.7 Å². The van der Waals surface area contributed by atoms with Crippen LogP contribution >= 0.6 is 0 Å². The van der Waals surface area contributed by atoms with Crippen LogP contribution in [0.25, 0.3) is 11.2 Å². The highest BCUT2D eigenvalue weighted by Crippen LogP contribution is 2.32. The summed E-state index contributed by atoms with van der Waals surface area (Å²) in [5.74, 6) is -2.52. The van der Waals surface area contributed by atoms with Gasteiger partial charge in [-0.15, -0.1) is 0 Å². The second-order valence-electron chi connectivity index (χ2n) is 8.24. The van der Waals surface area contributed by atoms with Crippen molar-refractivity contribution in [1.82, 2.24) is 19.5 Å². The van der Waals surface area contributed by atoms with Gasteiger partial charge >= 0.3 is 0 Å². The van der Waals surface area contributed by atoms with E-state index in [2.05, 4.69) is 25.6 Å². The molecule has 2 fully saturated rings. The Labute approximate surface area is 181 Å². The van der Waals surface area contributed by atoms with Gasteiger partial charge in [0.2, 0.25) is 11.9 Å². The molecule has 1 aromatic carbocycles. The number of hydrogen-bond donors (Lipinski definition) is 3. The Balaban J connectivity index is 1.51. The highest BCUT2D eigenvalue weighted by molar-refractivity contribution is 5.76. The first kappa shape index (κ1) is 21.0. The van der Waals surface area contributed by atoms with Crippen molar-refractivity contribution < 1.29 is 23.0 Å². The molecule has 1 saturated heterocycles. The molecule has 1 aliphatic carbocycles. The summed E-state index contributed by atoms with van der Waals surface area (Å²) in [5.41, 5.74) is 0.458. The normalized spacial score (nSPS) is 23.6. The lowest BCUT2D eigenvalue weighted by Crippen LogP contribution is -2.29. The molecule has 0 spiro atoms. The number of ether oxygens (including phenoxy) is 1. The van der Waals surface area contributed by atoms with Gasteiger partial charge in [0.25, 0.3) is 0 Å². The summed E-state index contributed by atoms with van der Waals surface area (Å²) < 4.78 is 49.1. The average molecular weight is 448 g/mol. The number of imidazole rings is 1. The van der Waals surface area contributed by atoms with Crippen molar-refractivity contribution in [2.45, 2.75) is 50.3 Å². The van der Waals surface area contributed by atoms with Crippen LogP contribution in [0.1, 0.15) is 38.1 Å². The molecular formula is C21H23F3N6O2. The maximum atomic E-state index is 14.3. The van der Waals surface area contributed by atoms with Crippen LogP contribution < -0.4 is 10.6 Å². The highest BCUT2D eigenvalue weighted by atomic mass is 19.1. The number of nitrogens with one attached hydrogen (secondary N) is 2. The number of halogens is 3. The number of aliphatic hydroxyl groups is 1. The van der Waals surface area contributed by atoms with Crippen molar-refractivity contribution in [3.05, 3.63) is 35.8 Å². The summed E-state index contributed by atoms with van der Waals surface area (Å²) in [7, 11) is 0. The van der Waals surface area contributed by atoms with Crippen LogP contribution in [0, 0.1) is 17.5 Å². The van der Waals surface area contributed by atoms with Crippen molar-refractivity contribution in [3.8, 4) is 0 Å². The van der Waals surface area contributed by atoms with Gasteiger partial charge in [0.1, 0.15) is 17.0 Å². The molecule has 8 nitrogen and oxygen atoms in total. The minimum atomic E-state index is -1.06. The van der Waals surface area contributed by atoms with E-state index in [1.54, 1.807) is 10.8 Å². The van der Waals surface area contributed by atoms with Gasteiger partial charge in [0.05, 0.1) is 24.9 Å². The van der Waals surface area contributed by atoms with Gasteiger partial charge in [-0.25, -0.2) is 23.1 Å². The third kappa shape index (κ3) is 4.09. The van der Waals surface area contributed by atoms with Crippen LogP contribution in [0.4, 0.5) is 30.8 Å². The molecule has 0 amide bonds. The Hall–Kier alpha value is -2.92. The number of aromatic nitrogens is 4. The summed E-state index contributed by atoms with van der Waals surface area (Å²) in [4.78, 5) is 13.4. The standard InChI is InChI=1S/C21H23F3N6O2/c22-11-7-15(23)18(16(24)8-11)28-21-27-17-9-25-20(26-12-1-3-14(31)4-2-12)29-19(17)30(21)13-5-6-32-10-13/h7-9,12-14,31H,1-6,10H2,(H,27,28)(H,25,26,29)/t12-,13-,14+/m0/s1. The Morgan fingerprint density at radius 3 is 2.47 bits per heavy atom. The van der Waals surface area contributed by atoms with Gasteiger partial charge in [-0.3, -0.25) is 4.57 Å². The molecule has 5 rings (SSSR count). The predicted molar refractivity (Wildman–Crippen MR) is 111 cm³/mol. The van der Waals surface area contributed by atoms with Crippen LogP contribution in [0.15, 0.2) is 18.3 Å². The highest BCUT2D eigenvalue weighted by Gasteiger charge is 2.27. The molecule has 32 heavy (non-hydrogen) atoms. The molecule has 0 unspecified atom stereocenters. The first-order chi connectivity index (χ1) is 15.5. The molecule has 170 valence electrons. The van der Waals surface area contributed by atoms with Crippen LogP contribution in [0.2, 0.25) is 0 Å². The molecule has 0 radical (unpaired) electrons. The molecule has 3 N–H and O–H groups in total. The fourth-order valence-corrected chi connectivity index (χ4v) is 4.30. The second-order valence-corrected chi connectivity index (χ2v) is 8.24. The summed E-state index contributed by atoms with van der Waals surface area (Å²) in [5, 5.41) is 15.7. The summed E-state index contributed by atoms with van der Waals surface area (Å²) >= 11 is 0. The smallest absolute Gasteiger partial charge is 0.224 e. The van der Waals surface area contributed by atoms with Crippen LogP contribution in [-0.4, -0.2) is 50.0 Å². The summed E-state index contributed by atoms with van der Waals surface area (Å²) in [6.45, 7) is 0.950. The fourth-order valence-electron chi connectivity index (χ4n) is 4.30. The van der Waals surface area contributed by atoms with E-state index in [9.17, 15) is 18.3 Å². The zero-order chi connectivity index (χ0) is 22.2. The van der Waals surface area contributed by atoms with Crippen molar-refractivity contribution in [1.29, 1.82) is 0 Å². The molecule has 2 aliphatic rings. The maximum absolute atomic E-state index is 14.3. The molecule has 2 aromatic heterocycles. The molecular weight excluding hydrogens is 425 g/mol. The number of anilines is 3. The van der Waals surface area contributed by atoms with Gasteiger partial charge in [0.15, 0.2) is 17.3 Å². The Morgan fingerprint density at radius 1 is 1.03 bits per heavy atom. The van der Waals surface area contributed by atoms with Gasteiger partial charge in [-0.2, -0.15) is 4.98 Å². The minimum Gasteiger partial charge on any atom is -0.393 e. The van der Waals surface area contributed by atoms with E-state index >= 15 is 0 Å². The quantitative estimate of drug-likeness (QED) is 0.548. The Kier molecular flexibility index (Phi) is 5.60. The monoisotopic (exact) mass is 448 g/mol. The topological polar surface area (TPSA) is 97.1 Å². The van der Waals surface area contributed by atoms with Gasteiger partial charge in [0, 0.05) is 24.8 Å². The Bertz CT molecular complexity index is 1100. The molecule has 1 saturated carbocycles. The SMILES string of the molecule is O[C@H]1CC[C@@H](Nc2ncc3nc(Nc4c(F)cc(F)cc4F)n([C@H]4CCOC4)c3n2)CC1. The lowest BCUT2D eigenvalue weighted by atomic mass is 9.93. The number of aliphatic hydroxyl groups excluding tert-OH is 1. The van der Waals surface area contributed by atoms with E-state index < -0.39 is 23.1 Å². The Morgan fingerprint density at radius 2 is 1.78 bits per heavy atom. The van der Waals surface area contributed by atoms with E-state index in [-0.39, 0.29) is 24.1 Å². The molecule has 3 aromatic rings. The van der Waals surface area contributed by atoms with Crippen LogP contribution in [0.5, 0.6) is 0 Å². The molecule has 1 atom stereocenters. The van der Waals surface area contributed by atoms with E-state index in [0.29, 0.717) is 48.9 Å². The van der Waals surface area contributed by atoms with Crippen molar-refractivity contribution in [2.24, 2.45) is 0 Å². The van der Waals surface area contributed by atoms with Crippen LogP contribution in [-0.2, 0) is 4.74 Å². The predicted octanol–water partition coefficient (Wildman–Crippen LogP) is 3.66. The second kappa shape index (κ2) is 8.55. The molecule has 11 heteroatoms. The fraction of sp³-hybridized carbons (Fsp3) is 0.476. The number of nitrogens with zero attached hydrogens (tertiary/aromatic N) is 4. The van der Waals surface area contributed by atoms with Gasteiger partial charge in [-0.05, 0) is 32.1 Å². The third-order valence-corrected chi connectivity index (χ3v) is 5.98. The van der Waals surface area contributed by atoms with Gasteiger partial charge in [-0.1, -0.05) is 0 Å². The summed E-state index contributed by atoms with van der Waals surface area (Å²) in [6.07, 6.45) is 5.04. The first-order valence-electron chi connectivity index (χ1n) is 10.7. The minimum absolute atomic E-state index is 0.137. The van der Waals surface area contributed by atoms with Gasteiger partial charge < -0.3 is 20.5 Å². The van der Waals surface area contributed by atoms with E-state index in [1.165, 1.54) is 0 Å². The first-order valence-corrected chi connectivity index (χ1v) is 10.7. The van der Waals surface area contributed by atoms with Crippen molar-refractivity contribution in [3.63, 3.8) is 0 Å². The molecule has 1 aliphatic heterocycles. The zero-order valence-corrected chi connectivity index (χ0v) is 17.2. The van der Waals surface area contributed by atoms with Crippen molar-refractivity contribution in [2.75, 3.05) is 23.8 Å². The third-order valence-electron chi connectivity index (χ3n) is 5.98. The van der Waals surface area contributed by atoms with E-state index in [4.69, 9.17) is 4.74 Å². The average Bonchev–Trinajstić information content (AvgIpc) is 3.39. The number of fused-ring (bicyclic) bond motifs is 1. The molecule has 0 bridgehead atoms. The largest absolute Gasteiger partial charge is 0.393 e. The molecule has 3 heterocycles.